The van der Waals surface area contributed by atoms with Crippen molar-refractivity contribution >= 4 is 22.0 Å². The molecule has 1 aliphatic rings. The first-order valence-electron chi connectivity index (χ1n) is 9.12. The Morgan fingerprint density at radius 2 is 1.68 bits per heavy atom. The standard InChI is InChI=1S/C19H27NO7S/c1-19(2,3)27-18(22)14-26-17(21)9-6-15-4-7-16(8-5-15)28(23,24)20-10-12-25-13-11-20/h4-5,7-8H,6,9-14H2,1-3H3. The van der Waals surface area contributed by atoms with Crippen LogP contribution >= 0.6 is 0 Å². The van der Waals surface area contributed by atoms with Gasteiger partial charge in [0.25, 0.3) is 0 Å². The molecule has 1 aliphatic heterocycles. The smallest absolute Gasteiger partial charge is 0.344 e. The zero-order chi connectivity index (χ0) is 20.8. The number of morpholine rings is 1. The summed E-state index contributed by atoms with van der Waals surface area (Å²) in [6, 6.07) is 6.42. The summed E-state index contributed by atoms with van der Waals surface area (Å²) < 4.78 is 41.7. The van der Waals surface area contributed by atoms with Crippen LogP contribution in [0, 0.1) is 0 Å². The number of esters is 2. The number of aryl methyl sites for hydroxylation is 1. The summed E-state index contributed by atoms with van der Waals surface area (Å²) >= 11 is 0. The molecule has 1 aromatic carbocycles. The largest absolute Gasteiger partial charge is 0.457 e. The van der Waals surface area contributed by atoms with Gasteiger partial charge in [-0.25, -0.2) is 13.2 Å². The highest BCUT2D eigenvalue weighted by Crippen LogP contribution is 2.18. The molecule has 0 aliphatic carbocycles. The number of rotatable bonds is 7. The van der Waals surface area contributed by atoms with Gasteiger partial charge < -0.3 is 14.2 Å². The van der Waals surface area contributed by atoms with Crippen LogP contribution in [0.3, 0.4) is 0 Å². The lowest BCUT2D eigenvalue weighted by atomic mass is 10.1. The molecule has 0 saturated carbocycles. The Hall–Kier alpha value is -1.97. The Morgan fingerprint density at radius 3 is 2.25 bits per heavy atom. The van der Waals surface area contributed by atoms with E-state index in [-0.39, 0.29) is 11.3 Å². The van der Waals surface area contributed by atoms with Gasteiger partial charge in [-0.3, -0.25) is 4.79 Å². The van der Waals surface area contributed by atoms with Crippen LogP contribution in [0.15, 0.2) is 29.2 Å². The highest BCUT2D eigenvalue weighted by Gasteiger charge is 2.26. The van der Waals surface area contributed by atoms with Crippen LogP contribution in [0.5, 0.6) is 0 Å². The fraction of sp³-hybridized carbons (Fsp3) is 0.579. The van der Waals surface area contributed by atoms with Crippen molar-refractivity contribution in [2.24, 2.45) is 0 Å². The van der Waals surface area contributed by atoms with Gasteiger partial charge in [0, 0.05) is 19.5 Å². The van der Waals surface area contributed by atoms with Crippen molar-refractivity contribution in [2.75, 3.05) is 32.9 Å². The van der Waals surface area contributed by atoms with Crippen LogP contribution in [0.1, 0.15) is 32.8 Å². The Labute approximate surface area is 165 Å². The highest BCUT2D eigenvalue weighted by molar-refractivity contribution is 7.89. The van der Waals surface area contributed by atoms with Gasteiger partial charge in [0.2, 0.25) is 10.0 Å². The van der Waals surface area contributed by atoms with Crippen LogP contribution in [0.4, 0.5) is 0 Å². The maximum Gasteiger partial charge on any atom is 0.344 e. The van der Waals surface area contributed by atoms with E-state index < -0.39 is 34.2 Å². The maximum absolute atomic E-state index is 12.6. The van der Waals surface area contributed by atoms with Crippen molar-refractivity contribution < 1.29 is 32.2 Å². The number of carbonyl (C=O) groups is 2. The molecule has 1 aromatic rings. The van der Waals surface area contributed by atoms with Gasteiger partial charge in [0.15, 0.2) is 6.61 Å². The summed E-state index contributed by atoms with van der Waals surface area (Å²) in [5.41, 5.74) is 0.169. The second kappa shape index (κ2) is 9.49. The van der Waals surface area contributed by atoms with Gasteiger partial charge in [-0.05, 0) is 44.9 Å². The van der Waals surface area contributed by atoms with E-state index in [1.54, 1.807) is 32.9 Å². The molecule has 2 rings (SSSR count). The molecule has 0 spiro atoms. The molecule has 0 radical (unpaired) electrons. The average molecular weight is 413 g/mol. The number of benzene rings is 1. The minimum atomic E-state index is -3.53. The van der Waals surface area contributed by atoms with Crippen molar-refractivity contribution in [3.63, 3.8) is 0 Å². The third kappa shape index (κ3) is 6.88. The quantitative estimate of drug-likeness (QED) is 0.625. The number of nitrogens with zero attached hydrogens (tertiary/aromatic N) is 1. The summed E-state index contributed by atoms with van der Waals surface area (Å²) in [4.78, 5) is 23.5. The highest BCUT2D eigenvalue weighted by atomic mass is 32.2. The first-order chi connectivity index (χ1) is 13.1. The van der Waals surface area contributed by atoms with Gasteiger partial charge in [0.05, 0.1) is 18.1 Å². The first-order valence-corrected chi connectivity index (χ1v) is 10.6. The molecule has 28 heavy (non-hydrogen) atoms. The molecule has 1 heterocycles. The Kier molecular flexibility index (Phi) is 7.56. The molecule has 0 atom stereocenters. The van der Waals surface area contributed by atoms with Crippen molar-refractivity contribution in [3.05, 3.63) is 29.8 Å². The number of sulfonamides is 1. The number of hydrogen-bond acceptors (Lipinski definition) is 7. The zero-order valence-electron chi connectivity index (χ0n) is 16.5. The van der Waals surface area contributed by atoms with Gasteiger partial charge in [-0.15, -0.1) is 0 Å². The van der Waals surface area contributed by atoms with Crippen LogP contribution in [0.2, 0.25) is 0 Å². The lowest BCUT2D eigenvalue weighted by Crippen LogP contribution is -2.40. The van der Waals surface area contributed by atoms with Crippen LogP contribution in [-0.2, 0) is 40.2 Å². The molecule has 0 N–H and O–H groups in total. The summed E-state index contributed by atoms with van der Waals surface area (Å²) in [5.74, 6) is -1.12. The summed E-state index contributed by atoms with van der Waals surface area (Å²) in [6.45, 7) is 6.24. The van der Waals surface area contributed by atoms with E-state index in [1.807, 2.05) is 0 Å². The molecule has 0 aromatic heterocycles. The van der Waals surface area contributed by atoms with E-state index in [0.717, 1.165) is 5.56 Å². The first kappa shape index (κ1) is 22.3. The van der Waals surface area contributed by atoms with Gasteiger partial charge in [-0.1, -0.05) is 12.1 Å². The molecule has 1 saturated heterocycles. The lowest BCUT2D eigenvalue weighted by molar-refractivity contribution is -0.166. The van der Waals surface area contributed by atoms with Crippen LogP contribution in [-0.4, -0.2) is 63.2 Å². The summed E-state index contributed by atoms with van der Waals surface area (Å²) in [7, 11) is -3.53. The molecular formula is C19H27NO7S. The van der Waals surface area contributed by atoms with E-state index in [2.05, 4.69) is 0 Å². The fourth-order valence-corrected chi connectivity index (χ4v) is 4.00. The van der Waals surface area contributed by atoms with E-state index >= 15 is 0 Å². The molecule has 1 fully saturated rings. The van der Waals surface area contributed by atoms with E-state index in [4.69, 9.17) is 14.2 Å². The minimum absolute atomic E-state index is 0.0817. The topological polar surface area (TPSA) is 99.2 Å². The predicted octanol–water partition coefficient (Wildman–Crippen LogP) is 1.52. The molecule has 156 valence electrons. The number of ether oxygens (including phenoxy) is 3. The molecule has 8 nitrogen and oxygen atoms in total. The predicted molar refractivity (Wildman–Crippen MR) is 101 cm³/mol. The number of carbonyl (C=O) groups excluding carboxylic acids is 2. The number of hydrogen-bond donors (Lipinski definition) is 0. The van der Waals surface area contributed by atoms with E-state index in [1.165, 1.54) is 16.4 Å². The summed E-state index contributed by atoms with van der Waals surface area (Å²) in [5, 5.41) is 0. The third-order valence-corrected chi connectivity index (χ3v) is 5.83. The van der Waals surface area contributed by atoms with E-state index in [0.29, 0.717) is 32.7 Å². The summed E-state index contributed by atoms with van der Waals surface area (Å²) in [6.07, 6.45) is 0.462. The Balaban J connectivity index is 1.82. The molecule has 0 amide bonds. The molecule has 0 bridgehead atoms. The van der Waals surface area contributed by atoms with E-state index in [9.17, 15) is 18.0 Å². The lowest BCUT2D eigenvalue weighted by Gasteiger charge is -2.26. The Bertz CT molecular complexity index is 775. The van der Waals surface area contributed by atoms with Gasteiger partial charge >= 0.3 is 11.9 Å². The van der Waals surface area contributed by atoms with Gasteiger partial charge in [-0.2, -0.15) is 4.31 Å². The normalized spacial score (nSPS) is 15.8. The monoisotopic (exact) mass is 413 g/mol. The average Bonchev–Trinajstić information content (AvgIpc) is 2.64. The SMILES string of the molecule is CC(C)(C)OC(=O)COC(=O)CCc1ccc(S(=O)(=O)N2CCOCC2)cc1. The second-order valence-corrected chi connectivity index (χ2v) is 9.35. The zero-order valence-corrected chi connectivity index (χ0v) is 17.3. The fourth-order valence-electron chi connectivity index (χ4n) is 2.59. The molecule has 0 unspecified atom stereocenters. The van der Waals surface area contributed by atoms with Crippen LogP contribution < -0.4 is 0 Å². The van der Waals surface area contributed by atoms with Crippen LogP contribution in [0.25, 0.3) is 0 Å². The maximum atomic E-state index is 12.6. The molecule has 9 heteroatoms. The second-order valence-electron chi connectivity index (χ2n) is 7.41. The minimum Gasteiger partial charge on any atom is -0.457 e. The molecular weight excluding hydrogens is 386 g/mol. The van der Waals surface area contributed by atoms with Crippen molar-refractivity contribution in [3.8, 4) is 0 Å². The van der Waals surface area contributed by atoms with Crippen molar-refractivity contribution in [1.29, 1.82) is 0 Å². The van der Waals surface area contributed by atoms with Crippen molar-refractivity contribution in [1.82, 2.24) is 4.31 Å². The van der Waals surface area contributed by atoms with Gasteiger partial charge in [0.1, 0.15) is 5.60 Å². The van der Waals surface area contributed by atoms with Crippen molar-refractivity contribution in [2.45, 2.75) is 44.1 Å². The Morgan fingerprint density at radius 1 is 1.07 bits per heavy atom. The third-order valence-electron chi connectivity index (χ3n) is 3.92.